The molecule has 0 bridgehead atoms. The molecule has 0 aliphatic rings. The van der Waals surface area contributed by atoms with Crippen LogP contribution in [-0.2, 0) is 9.59 Å². The molecule has 1 aromatic rings. The lowest BCUT2D eigenvalue weighted by Crippen LogP contribution is -2.03. The number of alkyl halides is 1. The molecule has 0 aromatic heterocycles. The molecule has 0 saturated carbocycles. The number of aryl methyl sites for hydroxylation is 1. The highest BCUT2D eigenvalue weighted by atomic mass is 79.9. The molecule has 0 aliphatic heterocycles. The Kier molecular flexibility index (Phi) is 4.63. The second-order valence-electron chi connectivity index (χ2n) is 3.78. The van der Waals surface area contributed by atoms with E-state index in [9.17, 15) is 9.59 Å². The predicted molar refractivity (Wildman–Crippen MR) is 70.2 cm³/mol. The van der Waals surface area contributed by atoms with Gasteiger partial charge in [-0.25, -0.2) is 4.79 Å². The van der Waals surface area contributed by atoms with Gasteiger partial charge in [-0.2, -0.15) is 0 Å². The molecule has 0 saturated heterocycles. The van der Waals surface area contributed by atoms with Gasteiger partial charge in [-0.1, -0.05) is 39.7 Å². The molecule has 1 N–H and O–H groups in total. The van der Waals surface area contributed by atoms with Gasteiger partial charge < -0.3 is 5.11 Å². The molecule has 0 radical (unpaired) electrons. The lowest BCUT2D eigenvalue weighted by molar-refractivity contribution is -0.131. The third-order valence-corrected chi connectivity index (χ3v) is 3.42. The Morgan fingerprint density at radius 3 is 2.59 bits per heavy atom. The van der Waals surface area contributed by atoms with Gasteiger partial charge in [0.25, 0.3) is 0 Å². The minimum absolute atomic E-state index is 0.0150. The fourth-order valence-corrected chi connectivity index (χ4v) is 1.87. The van der Waals surface area contributed by atoms with Gasteiger partial charge in [0.05, 0.1) is 4.83 Å². The molecule has 17 heavy (non-hydrogen) atoms. The number of carbonyl (C=O) groups excluding carboxylic acids is 1. The van der Waals surface area contributed by atoms with Crippen molar-refractivity contribution < 1.29 is 14.7 Å². The quantitative estimate of drug-likeness (QED) is 0.686. The topological polar surface area (TPSA) is 54.4 Å². The largest absolute Gasteiger partial charge is 0.478 e. The number of carboxylic acid groups (broad SMARTS) is 1. The molecule has 0 amide bonds. The van der Waals surface area contributed by atoms with Crippen LogP contribution in [0.15, 0.2) is 24.3 Å². The number of hydrogen-bond donors (Lipinski definition) is 1. The highest BCUT2D eigenvalue weighted by Crippen LogP contribution is 2.28. The molecule has 4 heteroatoms. The Bertz CT molecular complexity index is 478. The first kappa shape index (κ1) is 13.6. The van der Waals surface area contributed by atoms with E-state index in [1.807, 2.05) is 25.1 Å². The second-order valence-corrected chi connectivity index (χ2v) is 4.69. The van der Waals surface area contributed by atoms with Gasteiger partial charge >= 0.3 is 5.97 Å². The van der Waals surface area contributed by atoms with Crippen molar-refractivity contribution in [2.24, 2.45) is 0 Å². The highest BCUT2D eigenvalue weighted by Gasteiger charge is 2.15. The van der Waals surface area contributed by atoms with Gasteiger partial charge in [-0.15, -0.1) is 0 Å². The average Bonchev–Trinajstić information content (AvgIpc) is 2.25. The van der Waals surface area contributed by atoms with E-state index in [0.717, 1.165) is 22.8 Å². The average molecular weight is 297 g/mol. The summed E-state index contributed by atoms with van der Waals surface area (Å²) < 4.78 is 0. The fourth-order valence-electron chi connectivity index (χ4n) is 1.45. The SMILES string of the molecule is CC(=O)C(Br)c1ccc(C)cc1/C=C/C(=O)O. The molecule has 0 spiro atoms. The minimum Gasteiger partial charge on any atom is -0.478 e. The van der Waals surface area contributed by atoms with Gasteiger partial charge in [0, 0.05) is 6.08 Å². The third-order valence-electron chi connectivity index (χ3n) is 2.28. The van der Waals surface area contributed by atoms with E-state index < -0.39 is 10.8 Å². The van der Waals surface area contributed by atoms with E-state index >= 15 is 0 Å². The van der Waals surface area contributed by atoms with Crippen LogP contribution in [0.1, 0.15) is 28.4 Å². The van der Waals surface area contributed by atoms with Crippen LogP contribution < -0.4 is 0 Å². The zero-order chi connectivity index (χ0) is 13.0. The van der Waals surface area contributed by atoms with E-state index in [4.69, 9.17) is 5.11 Å². The number of carboxylic acids is 1. The summed E-state index contributed by atoms with van der Waals surface area (Å²) in [6.07, 6.45) is 2.57. The van der Waals surface area contributed by atoms with Crippen molar-refractivity contribution in [3.8, 4) is 0 Å². The molecule has 90 valence electrons. The number of halogens is 1. The standard InChI is InChI=1S/C13H13BrO3/c1-8-3-5-11(13(14)9(2)15)10(7-8)4-6-12(16)17/h3-7,13H,1-2H3,(H,16,17)/b6-4+. The molecule has 1 atom stereocenters. The first-order valence-corrected chi connectivity index (χ1v) is 5.99. The zero-order valence-electron chi connectivity index (χ0n) is 9.61. The number of carbonyl (C=O) groups is 2. The maximum atomic E-state index is 11.3. The number of ketones is 1. The van der Waals surface area contributed by atoms with Crippen LogP contribution >= 0.6 is 15.9 Å². The number of benzene rings is 1. The van der Waals surface area contributed by atoms with Crippen molar-refractivity contribution in [3.05, 3.63) is 41.0 Å². The summed E-state index contributed by atoms with van der Waals surface area (Å²) in [4.78, 5) is 21.4. The summed E-state index contributed by atoms with van der Waals surface area (Å²) >= 11 is 3.30. The fraction of sp³-hybridized carbons (Fsp3) is 0.231. The van der Waals surface area contributed by atoms with Crippen LogP contribution in [0.2, 0.25) is 0 Å². The van der Waals surface area contributed by atoms with Crippen LogP contribution in [0.25, 0.3) is 6.08 Å². The number of Topliss-reactive ketones (excluding diaryl/α,β-unsaturated/α-hetero) is 1. The summed E-state index contributed by atoms with van der Waals surface area (Å²) in [5.74, 6) is -1.02. The molecular formula is C13H13BrO3. The van der Waals surface area contributed by atoms with E-state index in [1.165, 1.54) is 13.0 Å². The maximum absolute atomic E-state index is 11.3. The van der Waals surface area contributed by atoms with Crippen molar-refractivity contribution in [1.29, 1.82) is 0 Å². The van der Waals surface area contributed by atoms with Gasteiger partial charge in [0.15, 0.2) is 0 Å². The van der Waals surface area contributed by atoms with Crippen molar-refractivity contribution >= 4 is 33.8 Å². The molecular weight excluding hydrogens is 284 g/mol. The molecule has 1 unspecified atom stereocenters. The molecule has 0 aliphatic carbocycles. The van der Waals surface area contributed by atoms with E-state index in [2.05, 4.69) is 15.9 Å². The van der Waals surface area contributed by atoms with Crippen LogP contribution in [-0.4, -0.2) is 16.9 Å². The Morgan fingerprint density at radius 1 is 1.41 bits per heavy atom. The van der Waals surface area contributed by atoms with Crippen molar-refractivity contribution in [3.63, 3.8) is 0 Å². The monoisotopic (exact) mass is 296 g/mol. The first-order chi connectivity index (χ1) is 7.91. The Balaban J connectivity index is 3.21. The summed E-state index contributed by atoms with van der Waals surface area (Å²) in [7, 11) is 0. The van der Waals surface area contributed by atoms with Crippen LogP contribution in [0.4, 0.5) is 0 Å². The van der Waals surface area contributed by atoms with E-state index in [0.29, 0.717) is 0 Å². The highest BCUT2D eigenvalue weighted by molar-refractivity contribution is 9.09. The van der Waals surface area contributed by atoms with Crippen LogP contribution in [0, 0.1) is 6.92 Å². The van der Waals surface area contributed by atoms with Crippen molar-refractivity contribution in [2.75, 3.05) is 0 Å². The lowest BCUT2D eigenvalue weighted by atomic mass is 10.00. The number of rotatable bonds is 4. The Morgan fingerprint density at radius 2 is 2.06 bits per heavy atom. The van der Waals surface area contributed by atoms with E-state index in [1.54, 1.807) is 0 Å². The zero-order valence-corrected chi connectivity index (χ0v) is 11.2. The summed E-state index contributed by atoms with van der Waals surface area (Å²) in [6.45, 7) is 3.41. The second kappa shape index (κ2) is 5.77. The number of aliphatic carboxylic acids is 1. The van der Waals surface area contributed by atoms with Gasteiger partial charge in [-0.05, 0) is 31.1 Å². The number of hydrogen-bond acceptors (Lipinski definition) is 2. The van der Waals surface area contributed by atoms with Crippen LogP contribution in [0.5, 0.6) is 0 Å². The van der Waals surface area contributed by atoms with Crippen molar-refractivity contribution in [1.82, 2.24) is 0 Å². The molecule has 0 heterocycles. The van der Waals surface area contributed by atoms with Gasteiger partial charge in [0.2, 0.25) is 0 Å². The van der Waals surface area contributed by atoms with Gasteiger partial charge in [0.1, 0.15) is 5.78 Å². The summed E-state index contributed by atoms with van der Waals surface area (Å²) in [5.41, 5.74) is 2.53. The Hall–Kier alpha value is -1.42. The van der Waals surface area contributed by atoms with Gasteiger partial charge in [-0.3, -0.25) is 4.79 Å². The maximum Gasteiger partial charge on any atom is 0.328 e. The van der Waals surface area contributed by atoms with Crippen molar-refractivity contribution in [2.45, 2.75) is 18.7 Å². The summed E-state index contributed by atoms with van der Waals surface area (Å²) in [6, 6.07) is 5.58. The normalized spacial score (nSPS) is 12.6. The minimum atomic E-state index is -1.01. The molecule has 3 nitrogen and oxygen atoms in total. The third kappa shape index (κ3) is 3.82. The summed E-state index contributed by atoms with van der Waals surface area (Å²) in [5, 5.41) is 8.62. The smallest absolute Gasteiger partial charge is 0.328 e. The molecule has 1 rings (SSSR count). The van der Waals surface area contributed by atoms with Crippen LogP contribution in [0.3, 0.4) is 0 Å². The predicted octanol–water partition coefficient (Wildman–Crippen LogP) is 3.12. The first-order valence-electron chi connectivity index (χ1n) is 5.08. The van der Waals surface area contributed by atoms with E-state index in [-0.39, 0.29) is 5.78 Å². The Labute approximate surface area is 108 Å². The molecule has 0 fully saturated rings. The lowest BCUT2D eigenvalue weighted by Gasteiger charge is -2.11. The molecule has 1 aromatic carbocycles.